The van der Waals surface area contributed by atoms with Crippen LogP contribution in [0.5, 0.6) is 0 Å². The molecule has 4 nitrogen and oxygen atoms in total. The average molecular weight is 266 g/mol. The predicted molar refractivity (Wildman–Crippen MR) is 71.0 cm³/mol. The summed E-state index contributed by atoms with van der Waals surface area (Å²) in [6, 6.07) is 2.43. The lowest BCUT2D eigenvalue weighted by molar-refractivity contribution is 0.0954. The van der Waals surface area contributed by atoms with E-state index in [1.807, 2.05) is 6.07 Å². The van der Waals surface area contributed by atoms with Crippen LogP contribution < -0.4 is 10.6 Å². The van der Waals surface area contributed by atoms with Gasteiger partial charge in [0.15, 0.2) is 0 Å². The molecule has 2 aliphatic rings. The SMILES string of the molecule is O=C(NCC1CCCN1)c1cc2c(s1)CCOC2. The molecular formula is C13H18N2O2S. The first-order valence-electron chi connectivity index (χ1n) is 6.54. The van der Waals surface area contributed by atoms with Crippen LogP contribution in [0.1, 0.15) is 33.0 Å². The van der Waals surface area contributed by atoms with E-state index in [4.69, 9.17) is 4.74 Å². The van der Waals surface area contributed by atoms with Crippen molar-refractivity contribution in [1.29, 1.82) is 0 Å². The normalized spacial score (nSPS) is 22.8. The molecule has 1 aromatic rings. The van der Waals surface area contributed by atoms with Crippen molar-refractivity contribution >= 4 is 17.2 Å². The average Bonchev–Trinajstić information content (AvgIpc) is 3.04. The lowest BCUT2D eigenvalue weighted by Gasteiger charge is -2.10. The second kappa shape index (κ2) is 5.38. The molecule has 1 atom stereocenters. The van der Waals surface area contributed by atoms with Crippen LogP contribution in [0.25, 0.3) is 0 Å². The quantitative estimate of drug-likeness (QED) is 0.867. The Bertz CT molecular complexity index is 415. The van der Waals surface area contributed by atoms with E-state index in [-0.39, 0.29) is 5.91 Å². The van der Waals surface area contributed by atoms with Gasteiger partial charge in [0.05, 0.1) is 18.1 Å². The number of carbonyl (C=O) groups excluding carboxylic acids is 1. The van der Waals surface area contributed by atoms with Gasteiger partial charge in [-0.15, -0.1) is 11.3 Å². The summed E-state index contributed by atoms with van der Waals surface area (Å²) >= 11 is 1.61. The molecule has 0 bridgehead atoms. The van der Waals surface area contributed by atoms with Crippen LogP contribution >= 0.6 is 11.3 Å². The third kappa shape index (κ3) is 2.58. The van der Waals surface area contributed by atoms with E-state index >= 15 is 0 Å². The number of hydrogen-bond donors (Lipinski definition) is 2. The molecule has 98 valence electrons. The number of rotatable bonds is 3. The molecule has 1 unspecified atom stereocenters. The minimum atomic E-state index is 0.0584. The van der Waals surface area contributed by atoms with Crippen LogP contribution in [0, 0.1) is 0 Å². The summed E-state index contributed by atoms with van der Waals surface area (Å²) in [6.45, 7) is 3.24. The van der Waals surface area contributed by atoms with E-state index in [2.05, 4.69) is 10.6 Å². The van der Waals surface area contributed by atoms with Gasteiger partial charge < -0.3 is 15.4 Å². The third-order valence-electron chi connectivity index (χ3n) is 3.52. The van der Waals surface area contributed by atoms with E-state index in [9.17, 15) is 4.79 Å². The van der Waals surface area contributed by atoms with Crippen LogP contribution in [-0.4, -0.2) is 31.6 Å². The van der Waals surface area contributed by atoms with Crippen LogP contribution in [-0.2, 0) is 17.8 Å². The molecule has 2 aliphatic heterocycles. The van der Waals surface area contributed by atoms with Crippen molar-refractivity contribution < 1.29 is 9.53 Å². The Morgan fingerprint density at radius 2 is 2.56 bits per heavy atom. The van der Waals surface area contributed by atoms with Gasteiger partial charge in [-0.1, -0.05) is 0 Å². The van der Waals surface area contributed by atoms with Gasteiger partial charge in [-0.05, 0) is 31.0 Å². The van der Waals surface area contributed by atoms with E-state index in [1.165, 1.54) is 16.9 Å². The highest BCUT2D eigenvalue weighted by molar-refractivity contribution is 7.14. The zero-order valence-electron chi connectivity index (χ0n) is 10.3. The molecule has 0 saturated carbocycles. The fraction of sp³-hybridized carbons (Fsp3) is 0.615. The molecule has 5 heteroatoms. The van der Waals surface area contributed by atoms with E-state index in [0.29, 0.717) is 12.6 Å². The van der Waals surface area contributed by atoms with Gasteiger partial charge in [0, 0.05) is 23.9 Å². The Hall–Kier alpha value is -0.910. The molecule has 0 radical (unpaired) electrons. The van der Waals surface area contributed by atoms with Crippen LogP contribution in [0.2, 0.25) is 0 Å². The van der Waals surface area contributed by atoms with Crippen molar-refractivity contribution in [2.75, 3.05) is 19.7 Å². The van der Waals surface area contributed by atoms with Crippen LogP contribution in [0.4, 0.5) is 0 Å². The zero-order valence-corrected chi connectivity index (χ0v) is 11.1. The van der Waals surface area contributed by atoms with Crippen molar-refractivity contribution in [2.24, 2.45) is 0 Å². The lowest BCUT2D eigenvalue weighted by Crippen LogP contribution is -2.36. The van der Waals surface area contributed by atoms with E-state index in [0.717, 1.165) is 37.4 Å². The minimum Gasteiger partial charge on any atom is -0.376 e. The van der Waals surface area contributed by atoms with Crippen LogP contribution in [0.3, 0.4) is 0 Å². The number of thiophene rings is 1. The van der Waals surface area contributed by atoms with Crippen molar-refractivity contribution in [3.05, 3.63) is 21.4 Å². The Balaban J connectivity index is 1.59. The van der Waals surface area contributed by atoms with Crippen molar-refractivity contribution in [2.45, 2.75) is 31.9 Å². The van der Waals surface area contributed by atoms with E-state index in [1.54, 1.807) is 11.3 Å². The van der Waals surface area contributed by atoms with Gasteiger partial charge in [0.25, 0.3) is 5.91 Å². The Morgan fingerprint density at radius 1 is 1.61 bits per heavy atom. The topological polar surface area (TPSA) is 50.4 Å². The van der Waals surface area contributed by atoms with Crippen molar-refractivity contribution in [3.8, 4) is 0 Å². The molecule has 1 fully saturated rings. The van der Waals surface area contributed by atoms with Crippen LogP contribution in [0.15, 0.2) is 6.07 Å². The monoisotopic (exact) mass is 266 g/mol. The number of fused-ring (bicyclic) bond motifs is 1. The first-order valence-corrected chi connectivity index (χ1v) is 7.35. The molecule has 0 aliphatic carbocycles. The summed E-state index contributed by atoms with van der Waals surface area (Å²) in [5, 5.41) is 6.40. The summed E-state index contributed by atoms with van der Waals surface area (Å²) in [5.41, 5.74) is 1.19. The van der Waals surface area contributed by atoms with Crippen molar-refractivity contribution in [1.82, 2.24) is 10.6 Å². The second-order valence-corrected chi connectivity index (χ2v) is 6.00. The maximum Gasteiger partial charge on any atom is 0.261 e. The molecule has 1 amide bonds. The van der Waals surface area contributed by atoms with Gasteiger partial charge in [0.2, 0.25) is 0 Å². The number of nitrogens with one attached hydrogen (secondary N) is 2. The molecule has 3 rings (SSSR count). The minimum absolute atomic E-state index is 0.0584. The molecule has 1 saturated heterocycles. The molecule has 3 heterocycles. The first kappa shape index (κ1) is 12.1. The first-order chi connectivity index (χ1) is 8.83. The highest BCUT2D eigenvalue weighted by Gasteiger charge is 2.19. The summed E-state index contributed by atoms with van der Waals surface area (Å²) in [6.07, 6.45) is 3.32. The van der Waals surface area contributed by atoms with Gasteiger partial charge in [0.1, 0.15) is 0 Å². The molecule has 2 N–H and O–H groups in total. The van der Waals surface area contributed by atoms with Gasteiger partial charge in [-0.2, -0.15) is 0 Å². The van der Waals surface area contributed by atoms with E-state index < -0.39 is 0 Å². The zero-order chi connectivity index (χ0) is 12.4. The third-order valence-corrected chi connectivity index (χ3v) is 4.76. The van der Waals surface area contributed by atoms with Gasteiger partial charge in [-0.25, -0.2) is 0 Å². The number of ether oxygens (including phenoxy) is 1. The fourth-order valence-electron chi connectivity index (χ4n) is 2.49. The molecular weight excluding hydrogens is 248 g/mol. The predicted octanol–water partition coefficient (Wildman–Crippen LogP) is 1.30. The highest BCUT2D eigenvalue weighted by Crippen LogP contribution is 2.26. The molecule has 1 aromatic heterocycles. The Kier molecular flexibility index (Phi) is 3.63. The standard InChI is InChI=1S/C13H18N2O2S/c16-13(15-7-10-2-1-4-14-10)12-6-9-8-17-5-3-11(9)18-12/h6,10,14H,1-5,7-8H2,(H,15,16). The maximum absolute atomic E-state index is 12.0. The largest absolute Gasteiger partial charge is 0.376 e. The summed E-state index contributed by atoms with van der Waals surface area (Å²) in [4.78, 5) is 14.2. The molecule has 18 heavy (non-hydrogen) atoms. The number of carbonyl (C=O) groups is 1. The maximum atomic E-state index is 12.0. The molecule has 0 aromatic carbocycles. The second-order valence-electron chi connectivity index (χ2n) is 4.86. The number of amides is 1. The van der Waals surface area contributed by atoms with Gasteiger partial charge >= 0.3 is 0 Å². The Labute approximate surface area is 111 Å². The summed E-state index contributed by atoms with van der Waals surface area (Å²) in [5.74, 6) is 0.0584. The summed E-state index contributed by atoms with van der Waals surface area (Å²) < 4.78 is 5.40. The number of hydrogen-bond acceptors (Lipinski definition) is 4. The van der Waals surface area contributed by atoms with Gasteiger partial charge in [-0.3, -0.25) is 4.79 Å². The highest BCUT2D eigenvalue weighted by atomic mass is 32.1. The Morgan fingerprint density at radius 3 is 3.33 bits per heavy atom. The lowest BCUT2D eigenvalue weighted by atomic mass is 10.2. The fourth-order valence-corrected chi connectivity index (χ4v) is 3.56. The molecule has 0 spiro atoms. The van der Waals surface area contributed by atoms with Crippen molar-refractivity contribution in [3.63, 3.8) is 0 Å². The summed E-state index contributed by atoms with van der Waals surface area (Å²) in [7, 11) is 0. The smallest absolute Gasteiger partial charge is 0.261 e.